The maximum atomic E-state index is 14.0. The molecule has 1 saturated heterocycles. The van der Waals surface area contributed by atoms with Gasteiger partial charge in [-0.2, -0.15) is 13.2 Å². The first kappa shape index (κ1) is 19.3. The van der Waals surface area contributed by atoms with Crippen LogP contribution in [0.4, 0.5) is 22.0 Å². The van der Waals surface area contributed by atoms with Crippen LogP contribution in [0.2, 0.25) is 0 Å². The summed E-state index contributed by atoms with van der Waals surface area (Å²) in [5, 5.41) is 12.9. The highest BCUT2D eigenvalue weighted by molar-refractivity contribution is 7.92. The van der Waals surface area contributed by atoms with Crippen LogP contribution in [-0.2, 0) is 16.3 Å². The van der Waals surface area contributed by atoms with E-state index >= 15 is 0 Å². The van der Waals surface area contributed by atoms with E-state index in [0.29, 0.717) is 32.0 Å². The molecule has 3 rings (SSSR count). The molecule has 1 aliphatic carbocycles. The van der Waals surface area contributed by atoms with Crippen molar-refractivity contribution in [3.63, 3.8) is 0 Å². The lowest BCUT2D eigenvalue weighted by Crippen LogP contribution is -2.34. The second-order valence-electron chi connectivity index (χ2n) is 6.31. The SMILES string of the molecule is O=S(=O)(c1ccc(OC2CCNCC2)c2c1C(O)C(F)(F)C2)C(F)(F)F. The molecule has 146 valence electrons. The van der Waals surface area contributed by atoms with E-state index in [1.807, 2.05) is 0 Å². The number of hydrogen-bond acceptors (Lipinski definition) is 5. The minimum atomic E-state index is -5.89. The maximum absolute atomic E-state index is 14.0. The van der Waals surface area contributed by atoms with Crippen LogP contribution in [0.25, 0.3) is 0 Å². The maximum Gasteiger partial charge on any atom is 0.501 e. The second kappa shape index (κ2) is 6.31. The number of ether oxygens (including phenoxy) is 1. The number of aliphatic hydroxyl groups is 1. The third kappa shape index (κ3) is 3.16. The molecule has 0 amide bonds. The smallest absolute Gasteiger partial charge is 0.490 e. The van der Waals surface area contributed by atoms with Gasteiger partial charge >= 0.3 is 5.51 Å². The summed E-state index contributed by atoms with van der Waals surface area (Å²) >= 11 is 0. The van der Waals surface area contributed by atoms with Crippen molar-refractivity contribution in [2.75, 3.05) is 13.1 Å². The van der Waals surface area contributed by atoms with E-state index in [1.54, 1.807) is 0 Å². The Balaban J connectivity index is 2.09. The van der Waals surface area contributed by atoms with E-state index in [-0.39, 0.29) is 11.9 Å². The second-order valence-corrected chi connectivity index (χ2v) is 8.22. The first-order valence-corrected chi connectivity index (χ1v) is 9.34. The van der Waals surface area contributed by atoms with Crippen LogP contribution >= 0.6 is 0 Å². The molecule has 1 atom stereocenters. The first-order chi connectivity index (χ1) is 11.9. The van der Waals surface area contributed by atoms with E-state index in [2.05, 4.69) is 5.32 Å². The Hall–Kier alpha value is -1.46. The molecule has 1 heterocycles. The van der Waals surface area contributed by atoms with E-state index in [1.165, 1.54) is 0 Å². The van der Waals surface area contributed by atoms with Crippen molar-refractivity contribution in [3.05, 3.63) is 23.3 Å². The monoisotopic (exact) mass is 401 g/mol. The summed E-state index contributed by atoms with van der Waals surface area (Å²) in [4.78, 5) is -1.36. The summed E-state index contributed by atoms with van der Waals surface area (Å²) in [6.07, 6.45) is -2.95. The topological polar surface area (TPSA) is 75.6 Å². The molecule has 0 radical (unpaired) electrons. The molecule has 5 nitrogen and oxygen atoms in total. The van der Waals surface area contributed by atoms with Gasteiger partial charge in [-0.3, -0.25) is 0 Å². The van der Waals surface area contributed by atoms with Gasteiger partial charge in [-0.1, -0.05) is 0 Å². The van der Waals surface area contributed by atoms with Crippen molar-refractivity contribution in [3.8, 4) is 5.75 Å². The van der Waals surface area contributed by atoms with Crippen LogP contribution in [0.5, 0.6) is 5.75 Å². The van der Waals surface area contributed by atoms with Gasteiger partial charge in [-0.25, -0.2) is 17.2 Å². The standard InChI is InChI=1S/C15H16F5NO4S/c16-14(17)7-9-10(25-8-3-5-21-6-4-8)1-2-11(12(9)13(14)22)26(23,24)15(18,19)20/h1-2,8,13,21-22H,3-7H2. The Morgan fingerprint density at radius 3 is 2.38 bits per heavy atom. The van der Waals surface area contributed by atoms with Crippen LogP contribution in [0.15, 0.2) is 17.0 Å². The molecule has 0 bridgehead atoms. The zero-order valence-corrected chi connectivity index (χ0v) is 14.1. The third-order valence-electron chi connectivity index (χ3n) is 4.53. The number of fused-ring (bicyclic) bond motifs is 1. The normalized spacial score (nSPS) is 23.7. The average Bonchev–Trinajstić information content (AvgIpc) is 2.78. The fraction of sp³-hybridized carbons (Fsp3) is 0.600. The summed E-state index contributed by atoms with van der Waals surface area (Å²) < 4.78 is 95.7. The zero-order valence-electron chi connectivity index (χ0n) is 13.3. The van der Waals surface area contributed by atoms with Crippen molar-refractivity contribution in [2.45, 2.75) is 47.8 Å². The summed E-state index contributed by atoms with van der Waals surface area (Å²) in [6.45, 7) is 1.26. The van der Waals surface area contributed by atoms with E-state index < -0.39 is 49.8 Å². The summed E-state index contributed by atoms with van der Waals surface area (Å²) in [5.41, 5.74) is -7.00. The summed E-state index contributed by atoms with van der Waals surface area (Å²) in [7, 11) is -5.89. The van der Waals surface area contributed by atoms with Gasteiger partial charge in [-0.15, -0.1) is 0 Å². The number of hydrogen-bond donors (Lipinski definition) is 2. The third-order valence-corrected chi connectivity index (χ3v) is 6.08. The predicted molar refractivity (Wildman–Crippen MR) is 79.8 cm³/mol. The quantitative estimate of drug-likeness (QED) is 0.761. The predicted octanol–water partition coefficient (Wildman–Crippen LogP) is 2.34. The molecule has 1 aromatic rings. The number of alkyl halides is 5. The Labute approximate surface area is 146 Å². The number of piperidine rings is 1. The van der Waals surface area contributed by atoms with Gasteiger partial charge in [0.25, 0.3) is 15.8 Å². The van der Waals surface area contributed by atoms with Gasteiger partial charge in [0.15, 0.2) is 0 Å². The summed E-state index contributed by atoms with van der Waals surface area (Å²) in [5.74, 6) is -3.91. The highest BCUT2D eigenvalue weighted by Gasteiger charge is 2.55. The van der Waals surface area contributed by atoms with Crippen LogP contribution in [0, 0.1) is 0 Å². The average molecular weight is 401 g/mol. The summed E-state index contributed by atoms with van der Waals surface area (Å²) in [6, 6.07) is 1.52. The van der Waals surface area contributed by atoms with Gasteiger partial charge in [0.05, 0.1) is 4.90 Å². The number of halogens is 5. The zero-order chi connectivity index (χ0) is 19.3. The van der Waals surface area contributed by atoms with Crippen molar-refractivity contribution in [1.82, 2.24) is 5.32 Å². The lowest BCUT2D eigenvalue weighted by atomic mass is 10.1. The Kier molecular flexibility index (Phi) is 4.68. The molecule has 1 unspecified atom stereocenters. The van der Waals surface area contributed by atoms with Gasteiger partial charge in [0, 0.05) is 17.5 Å². The number of nitrogens with one attached hydrogen (secondary N) is 1. The Morgan fingerprint density at radius 2 is 1.81 bits per heavy atom. The minimum absolute atomic E-state index is 0.121. The fourth-order valence-electron chi connectivity index (χ4n) is 3.21. The largest absolute Gasteiger partial charge is 0.501 e. The minimum Gasteiger partial charge on any atom is -0.490 e. The van der Waals surface area contributed by atoms with Crippen molar-refractivity contribution < 1.29 is 40.2 Å². The van der Waals surface area contributed by atoms with Gasteiger partial charge < -0.3 is 15.2 Å². The first-order valence-electron chi connectivity index (χ1n) is 7.85. The van der Waals surface area contributed by atoms with E-state index in [0.717, 1.165) is 6.07 Å². The Morgan fingerprint density at radius 1 is 1.19 bits per heavy atom. The lowest BCUT2D eigenvalue weighted by molar-refractivity contribution is -0.0978. The molecule has 0 saturated carbocycles. The molecule has 0 spiro atoms. The van der Waals surface area contributed by atoms with Crippen molar-refractivity contribution >= 4 is 9.84 Å². The molecule has 0 aromatic heterocycles. The van der Waals surface area contributed by atoms with Gasteiger partial charge in [0.1, 0.15) is 18.0 Å². The van der Waals surface area contributed by atoms with Crippen molar-refractivity contribution in [2.24, 2.45) is 0 Å². The van der Waals surface area contributed by atoms with E-state index in [4.69, 9.17) is 4.74 Å². The number of aliphatic hydroxyl groups excluding tert-OH is 1. The lowest BCUT2D eigenvalue weighted by Gasteiger charge is -2.25. The molecular formula is C15H16F5NO4S. The molecule has 11 heteroatoms. The number of benzene rings is 1. The van der Waals surface area contributed by atoms with Crippen molar-refractivity contribution in [1.29, 1.82) is 0 Å². The Bertz CT molecular complexity index is 803. The molecule has 1 aliphatic heterocycles. The van der Waals surface area contributed by atoms with E-state index in [9.17, 15) is 35.5 Å². The highest BCUT2D eigenvalue weighted by Crippen LogP contribution is 2.50. The van der Waals surface area contributed by atoms with Crippen LogP contribution in [-0.4, -0.2) is 44.1 Å². The van der Waals surface area contributed by atoms with Crippen LogP contribution in [0.1, 0.15) is 30.1 Å². The number of sulfone groups is 1. The van der Waals surface area contributed by atoms with Crippen LogP contribution < -0.4 is 10.1 Å². The van der Waals surface area contributed by atoms with Gasteiger partial charge in [0.2, 0.25) is 0 Å². The number of rotatable bonds is 3. The van der Waals surface area contributed by atoms with Crippen LogP contribution in [0.3, 0.4) is 0 Å². The molecule has 2 N–H and O–H groups in total. The molecular weight excluding hydrogens is 385 g/mol. The molecule has 26 heavy (non-hydrogen) atoms. The molecule has 1 aromatic carbocycles. The van der Waals surface area contributed by atoms with Gasteiger partial charge in [-0.05, 0) is 38.1 Å². The fourth-order valence-corrected chi connectivity index (χ4v) is 4.23. The highest BCUT2D eigenvalue weighted by atomic mass is 32.2. The molecule has 1 fully saturated rings. The molecule has 2 aliphatic rings.